The molecule has 6 heteroatoms. The third kappa shape index (κ3) is 1.78. The van der Waals surface area contributed by atoms with E-state index in [9.17, 15) is 4.79 Å². The number of hydrogen-bond donors (Lipinski definition) is 2. The Labute approximate surface area is 103 Å². The van der Waals surface area contributed by atoms with E-state index in [1.807, 2.05) is 6.07 Å². The van der Waals surface area contributed by atoms with Crippen molar-refractivity contribution < 1.29 is 4.79 Å². The van der Waals surface area contributed by atoms with Crippen molar-refractivity contribution in [3.8, 4) is 6.07 Å². The molecule has 0 spiro atoms. The lowest BCUT2D eigenvalue weighted by molar-refractivity contribution is 0.0948. The number of nitrogens with zero attached hydrogens (tertiary/aromatic N) is 3. The fourth-order valence-electron chi connectivity index (χ4n) is 1.54. The van der Waals surface area contributed by atoms with E-state index in [2.05, 4.69) is 5.10 Å². The van der Waals surface area contributed by atoms with Gasteiger partial charge in [-0.25, -0.2) is 0 Å². The molecule has 0 aliphatic carbocycles. The minimum Gasteiger partial charge on any atom is -0.399 e. The van der Waals surface area contributed by atoms with Crippen LogP contribution in [0.4, 0.5) is 11.5 Å². The number of anilines is 2. The lowest BCUT2D eigenvalue weighted by Crippen LogP contribution is -2.16. The molecule has 6 nitrogen and oxygen atoms in total. The molecule has 1 aromatic carbocycles. The first-order valence-electron chi connectivity index (χ1n) is 5.19. The highest BCUT2D eigenvalue weighted by molar-refractivity contribution is 5.97. The molecule has 2 rings (SSSR count). The summed E-state index contributed by atoms with van der Waals surface area (Å²) in [6.45, 7) is 1.80. The molecule has 0 unspecified atom stereocenters. The molecule has 18 heavy (non-hydrogen) atoms. The normalized spacial score (nSPS) is 10.0. The van der Waals surface area contributed by atoms with Gasteiger partial charge >= 0.3 is 0 Å². The number of nitrogen functional groups attached to an aromatic ring is 2. The Morgan fingerprint density at radius 3 is 2.72 bits per heavy atom. The number of carbonyl (C=O) groups excluding carboxylic acids is 1. The van der Waals surface area contributed by atoms with E-state index in [0.29, 0.717) is 11.3 Å². The Kier molecular flexibility index (Phi) is 2.73. The van der Waals surface area contributed by atoms with Crippen molar-refractivity contribution in [2.24, 2.45) is 0 Å². The molecule has 0 aliphatic heterocycles. The summed E-state index contributed by atoms with van der Waals surface area (Å²) >= 11 is 0. The van der Waals surface area contributed by atoms with Crippen LogP contribution in [0.3, 0.4) is 0 Å². The third-order valence-corrected chi connectivity index (χ3v) is 2.64. The van der Waals surface area contributed by atoms with Crippen molar-refractivity contribution in [2.75, 3.05) is 11.5 Å². The maximum Gasteiger partial charge on any atom is 0.280 e. The maximum absolute atomic E-state index is 12.1. The zero-order chi connectivity index (χ0) is 13.3. The summed E-state index contributed by atoms with van der Waals surface area (Å²) in [7, 11) is 0. The second kappa shape index (κ2) is 4.22. The third-order valence-electron chi connectivity index (χ3n) is 2.64. The van der Waals surface area contributed by atoms with Crippen LogP contribution >= 0.6 is 0 Å². The van der Waals surface area contributed by atoms with Gasteiger partial charge in [-0.05, 0) is 30.7 Å². The predicted molar refractivity (Wildman–Crippen MR) is 66.7 cm³/mol. The smallest absolute Gasteiger partial charge is 0.280 e. The highest BCUT2D eigenvalue weighted by Crippen LogP contribution is 2.16. The number of rotatable bonds is 1. The lowest BCUT2D eigenvalue weighted by atomic mass is 10.1. The number of hydrogen-bond acceptors (Lipinski definition) is 5. The Balaban J connectivity index is 2.45. The van der Waals surface area contributed by atoms with Crippen molar-refractivity contribution >= 4 is 17.4 Å². The zero-order valence-corrected chi connectivity index (χ0v) is 9.71. The van der Waals surface area contributed by atoms with Crippen LogP contribution in [0.2, 0.25) is 0 Å². The monoisotopic (exact) mass is 241 g/mol. The van der Waals surface area contributed by atoms with E-state index in [1.54, 1.807) is 25.1 Å². The van der Waals surface area contributed by atoms with Gasteiger partial charge in [0.15, 0.2) is 0 Å². The van der Waals surface area contributed by atoms with E-state index in [-0.39, 0.29) is 11.4 Å². The first-order valence-corrected chi connectivity index (χ1v) is 5.19. The molecule has 90 valence electrons. The number of aromatic nitrogens is 2. The standard InChI is InChI=1S/C12H11N5O/c1-7-4-8(2-3-10(7)14)12(18)17-11(15)9(5-13)6-16-17/h2-4,6H,14-15H2,1H3. The van der Waals surface area contributed by atoms with Crippen LogP contribution in [0, 0.1) is 18.3 Å². The summed E-state index contributed by atoms with van der Waals surface area (Å²) in [6.07, 6.45) is 1.26. The molecule has 0 saturated carbocycles. The molecule has 2 aromatic rings. The number of aryl methyl sites for hydroxylation is 1. The minimum absolute atomic E-state index is 0.0389. The number of nitrogens with two attached hydrogens (primary N) is 2. The quantitative estimate of drug-likeness (QED) is 0.721. The van der Waals surface area contributed by atoms with Gasteiger partial charge in [-0.15, -0.1) is 0 Å². The van der Waals surface area contributed by atoms with E-state index in [0.717, 1.165) is 10.2 Å². The van der Waals surface area contributed by atoms with Crippen molar-refractivity contribution in [3.05, 3.63) is 41.1 Å². The molecule has 0 amide bonds. The number of carbonyl (C=O) groups is 1. The Hall–Kier alpha value is -2.81. The van der Waals surface area contributed by atoms with Crippen LogP contribution < -0.4 is 11.5 Å². The maximum atomic E-state index is 12.1. The van der Waals surface area contributed by atoms with Crippen molar-refractivity contribution in [3.63, 3.8) is 0 Å². The first-order chi connectivity index (χ1) is 8.54. The van der Waals surface area contributed by atoms with Gasteiger partial charge in [0.25, 0.3) is 5.91 Å². The van der Waals surface area contributed by atoms with E-state index in [4.69, 9.17) is 16.7 Å². The topological polar surface area (TPSA) is 111 Å². The summed E-state index contributed by atoms with van der Waals surface area (Å²) in [5.41, 5.74) is 13.3. The van der Waals surface area contributed by atoms with Crippen molar-refractivity contribution in [2.45, 2.75) is 6.92 Å². The van der Waals surface area contributed by atoms with E-state index >= 15 is 0 Å². The van der Waals surface area contributed by atoms with Gasteiger partial charge in [-0.1, -0.05) is 0 Å². The Morgan fingerprint density at radius 1 is 1.44 bits per heavy atom. The highest BCUT2D eigenvalue weighted by atomic mass is 16.2. The molecule has 0 bridgehead atoms. The summed E-state index contributed by atoms with van der Waals surface area (Å²) in [6, 6.07) is 6.76. The highest BCUT2D eigenvalue weighted by Gasteiger charge is 2.15. The molecule has 1 heterocycles. The van der Waals surface area contributed by atoms with Gasteiger partial charge in [0, 0.05) is 11.3 Å². The summed E-state index contributed by atoms with van der Waals surface area (Å²) in [4.78, 5) is 12.1. The van der Waals surface area contributed by atoms with Crippen LogP contribution in [0.15, 0.2) is 24.4 Å². The second-order valence-corrected chi connectivity index (χ2v) is 3.84. The fraction of sp³-hybridized carbons (Fsp3) is 0.0833. The Morgan fingerprint density at radius 2 is 2.17 bits per heavy atom. The molecular formula is C12H11N5O. The lowest BCUT2D eigenvalue weighted by Gasteiger charge is -2.05. The molecule has 0 aliphatic rings. The van der Waals surface area contributed by atoms with Gasteiger partial charge in [0.05, 0.1) is 6.20 Å². The van der Waals surface area contributed by atoms with Crippen molar-refractivity contribution in [1.29, 1.82) is 5.26 Å². The van der Waals surface area contributed by atoms with Gasteiger partial charge in [-0.3, -0.25) is 4.79 Å². The fourth-order valence-corrected chi connectivity index (χ4v) is 1.54. The summed E-state index contributed by atoms with van der Waals surface area (Å²) < 4.78 is 1.00. The first kappa shape index (κ1) is 11.7. The molecule has 1 aromatic heterocycles. The molecule has 0 atom stereocenters. The number of nitriles is 1. The molecular weight excluding hydrogens is 230 g/mol. The SMILES string of the molecule is Cc1cc(C(=O)n2ncc(C#N)c2N)ccc1N. The van der Waals surface area contributed by atoms with Gasteiger partial charge in [0.1, 0.15) is 17.5 Å². The van der Waals surface area contributed by atoms with Gasteiger partial charge in [-0.2, -0.15) is 15.0 Å². The second-order valence-electron chi connectivity index (χ2n) is 3.84. The van der Waals surface area contributed by atoms with Crippen molar-refractivity contribution in [1.82, 2.24) is 9.78 Å². The van der Waals surface area contributed by atoms with E-state index < -0.39 is 5.91 Å². The van der Waals surface area contributed by atoms with Crippen LogP contribution in [-0.4, -0.2) is 15.7 Å². The largest absolute Gasteiger partial charge is 0.399 e. The van der Waals surface area contributed by atoms with Crippen LogP contribution in [0.25, 0.3) is 0 Å². The molecule has 0 saturated heterocycles. The predicted octanol–water partition coefficient (Wildman–Crippen LogP) is 0.916. The number of benzene rings is 1. The molecule has 0 fully saturated rings. The minimum atomic E-state index is -0.392. The van der Waals surface area contributed by atoms with Crippen LogP contribution in [-0.2, 0) is 0 Å². The summed E-state index contributed by atoms with van der Waals surface area (Å²) in [5, 5.41) is 12.6. The van der Waals surface area contributed by atoms with Gasteiger partial charge < -0.3 is 11.5 Å². The average molecular weight is 241 g/mol. The molecule has 0 radical (unpaired) electrons. The van der Waals surface area contributed by atoms with E-state index in [1.165, 1.54) is 6.20 Å². The average Bonchev–Trinajstić information content (AvgIpc) is 2.73. The zero-order valence-electron chi connectivity index (χ0n) is 9.71. The Bertz CT molecular complexity index is 666. The molecule has 4 N–H and O–H groups in total. The summed E-state index contributed by atoms with van der Waals surface area (Å²) in [5.74, 6) is -0.353. The van der Waals surface area contributed by atoms with Gasteiger partial charge in [0.2, 0.25) is 0 Å². The van der Waals surface area contributed by atoms with Crippen LogP contribution in [0.1, 0.15) is 21.5 Å². The van der Waals surface area contributed by atoms with Crippen LogP contribution in [0.5, 0.6) is 0 Å².